The minimum atomic E-state index is -4.59. The number of nitrogens with one attached hydrogen (secondary N) is 1. The number of nitrogens with zero attached hydrogens (tertiary/aromatic N) is 4. The number of carbonyl (C=O) groups is 1. The number of rotatable bonds is 6. The van der Waals surface area contributed by atoms with Gasteiger partial charge in [0.2, 0.25) is 5.95 Å². The molecule has 35 heavy (non-hydrogen) atoms. The van der Waals surface area contributed by atoms with E-state index in [4.69, 9.17) is 10.5 Å². The van der Waals surface area contributed by atoms with E-state index in [2.05, 4.69) is 20.4 Å². The van der Waals surface area contributed by atoms with E-state index in [-0.39, 0.29) is 29.4 Å². The fourth-order valence-electron chi connectivity index (χ4n) is 3.58. The molecule has 0 saturated heterocycles. The molecule has 0 bridgehead atoms. The maximum atomic E-state index is 14.3. The quantitative estimate of drug-likeness (QED) is 0.398. The molecule has 0 atom stereocenters. The first kappa shape index (κ1) is 23.9. The standard InChI is InChI=1S/C23H20F4N6O2/c1-12-15(14-6-7-33-20(8-14)31-22(28)32-33)9-16(13(2)30-12)21(34)29-10-17-18(24)4-3-5-19(17)35-11-23(25,26)27/h3-9H,10-11H2,1-2H3,(H2,28,32)(H,29,34). The van der Waals surface area contributed by atoms with Gasteiger partial charge in [0, 0.05) is 29.6 Å². The molecule has 4 aromatic rings. The topological polar surface area (TPSA) is 107 Å². The van der Waals surface area contributed by atoms with Crippen LogP contribution in [-0.2, 0) is 6.54 Å². The lowest BCUT2D eigenvalue weighted by Gasteiger charge is -2.15. The van der Waals surface area contributed by atoms with E-state index >= 15 is 0 Å². The van der Waals surface area contributed by atoms with Gasteiger partial charge < -0.3 is 15.8 Å². The predicted octanol–water partition coefficient (Wildman–Crippen LogP) is 4.00. The zero-order valence-electron chi connectivity index (χ0n) is 18.7. The summed E-state index contributed by atoms with van der Waals surface area (Å²) >= 11 is 0. The van der Waals surface area contributed by atoms with Gasteiger partial charge in [0.05, 0.1) is 11.3 Å². The molecule has 3 heterocycles. The monoisotopic (exact) mass is 488 g/mol. The van der Waals surface area contributed by atoms with Gasteiger partial charge in [-0.2, -0.15) is 18.2 Å². The van der Waals surface area contributed by atoms with Crippen molar-refractivity contribution < 1.29 is 27.1 Å². The highest BCUT2D eigenvalue weighted by atomic mass is 19.4. The average Bonchev–Trinajstić information content (AvgIpc) is 3.15. The Balaban J connectivity index is 1.59. The minimum Gasteiger partial charge on any atom is -0.484 e. The Morgan fingerprint density at radius 1 is 1.14 bits per heavy atom. The van der Waals surface area contributed by atoms with E-state index in [0.717, 1.165) is 11.6 Å². The Morgan fingerprint density at radius 2 is 1.91 bits per heavy atom. The number of aryl methyl sites for hydroxylation is 2. The number of nitrogen functional groups attached to an aromatic ring is 1. The predicted molar refractivity (Wildman–Crippen MR) is 119 cm³/mol. The van der Waals surface area contributed by atoms with Crippen molar-refractivity contribution in [3.63, 3.8) is 0 Å². The van der Waals surface area contributed by atoms with E-state index in [1.165, 1.54) is 16.6 Å². The molecule has 0 aliphatic rings. The number of alkyl halides is 3. The highest BCUT2D eigenvalue weighted by Crippen LogP contribution is 2.27. The number of aromatic nitrogens is 4. The van der Waals surface area contributed by atoms with Crippen molar-refractivity contribution in [3.8, 4) is 16.9 Å². The molecule has 0 radical (unpaired) electrons. The van der Waals surface area contributed by atoms with Crippen LogP contribution < -0.4 is 15.8 Å². The molecule has 8 nitrogen and oxygen atoms in total. The average molecular weight is 488 g/mol. The molecule has 1 amide bonds. The Kier molecular flexibility index (Phi) is 6.29. The van der Waals surface area contributed by atoms with Gasteiger partial charge in [0.25, 0.3) is 5.91 Å². The molecule has 0 aliphatic heterocycles. The molecule has 3 N–H and O–H groups in total. The summed E-state index contributed by atoms with van der Waals surface area (Å²) in [5.41, 5.74) is 8.64. The van der Waals surface area contributed by atoms with Gasteiger partial charge >= 0.3 is 6.18 Å². The lowest BCUT2D eigenvalue weighted by Crippen LogP contribution is -2.26. The van der Waals surface area contributed by atoms with Crippen molar-refractivity contribution in [2.24, 2.45) is 0 Å². The van der Waals surface area contributed by atoms with E-state index in [1.807, 2.05) is 0 Å². The van der Waals surface area contributed by atoms with Gasteiger partial charge in [0.15, 0.2) is 12.3 Å². The summed E-state index contributed by atoms with van der Waals surface area (Å²) in [6.45, 7) is 1.47. The van der Waals surface area contributed by atoms with Crippen molar-refractivity contribution in [1.82, 2.24) is 24.9 Å². The van der Waals surface area contributed by atoms with Gasteiger partial charge in [-0.05, 0) is 49.7 Å². The van der Waals surface area contributed by atoms with E-state index < -0.39 is 24.5 Å². The number of hydrogen-bond acceptors (Lipinski definition) is 6. The van der Waals surface area contributed by atoms with Crippen LogP contribution in [0.25, 0.3) is 16.8 Å². The molecule has 0 fully saturated rings. The summed E-state index contributed by atoms with van der Waals surface area (Å²) in [5.74, 6) is -1.56. The smallest absolute Gasteiger partial charge is 0.422 e. The van der Waals surface area contributed by atoms with Crippen molar-refractivity contribution in [2.45, 2.75) is 26.6 Å². The highest BCUT2D eigenvalue weighted by molar-refractivity contribution is 5.96. The Morgan fingerprint density at radius 3 is 2.66 bits per heavy atom. The number of amides is 1. The fraction of sp³-hybridized carbons (Fsp3) is 0.217. The second kappa shape index (κ2) is 9.20. The third-order valence-corrected chi connectivity index (χ3v) is 5.21. The number of pyridine rings is 2. The molecule has 1 aromatic carbocycles. The molecule has 0 unspecified atom stereocenters. The van der Waals surface area contributed by atoms with Gasteiger partial charge in [-0.25, -0.2) is 8.91 Å². The van der Waals surface area contributed by atoms with Crippen LogP contribution >= 0.6 is 0 Å². The second-order valence-electron chi connectivity index (χ2n) is 7.75. The van der Waals surface area contributed by atoms with Crippen LogP contribution in [-0.4, -0.2) is 38.3 Å². The van der Waals surface area contributed by atoms with E-state index in [0.29, 0.717) is 22.6 Å². The van der Waals surface area contributed by atoms with Crippen molar-refractivity contribution >= 4 is 17.5 Å². The van der Waals surface area contributed by atoms with Gasteiger partial charge in [-0.15, -0.1) is 5.10 Å². The number of halogens is 4. The first-order valence-electron chi connectivity index (χ1n) is 10.4. The first-order valence-corrected chi connectivity index (χ1v) is 10.4. The first-order chi connectivity index (χ1) is 16.5. The lowest BCUT2D eigenvalue weighted by atomic mass is 10.0. The fourth-order valence-corrected chi connectivity index (χ4v) is 3.58. The number of carbonyl (C=O) groups excluding carboxylic acids is 1. The molecular formula is C23H20F4N6O2. The molecule has 182 valence electrons. The lowest BCUT2D eigenvalue weighted by molar-refractivity contribution is -0.153. The largest absolute Gasteiger partial charge is 0.484 e. The van der Waals surface area contributed by atoms with Crippen LogP contribution in [0.15, 0.2) is 42.6 Å². The van der Waals surface area contributed by atoms with Crippen LogP contribution in [0.4, 0.5) is 23.5 Å². The van der Waals surface area contributed by atoms with E-state index in [1.54, 1.807) is 38.2 Å². The third kappa shape index (κ3) is 5.31. The Hall–Kier alpha value is -4.22. The van der Waals surface area contributed by atoms with Crippen LogP contribution in [0.1, 0.15) is 27.3 Å². The summed E-state index contributed by atoms with van der Waals surface area (Å²) in [5, 5.41) is 6.57. The van der Waals surface area contributed by atoms with Crippen LogP contribution in [0.3, 0.4) is 0 Å². The second-order valence-corrected chi connectivity index (χ2v) is 7.75. The number of hydrogen-bond donors (Lipinski definition) is 2. The molecule has 3 aromatic heterocycles. The Bertz CT molecular complexity index is 1420. The zero-order valence-corrected chi connectivity index (χ0v) is 18.7. The normalized spacial score (nSPS) is 11.6. The van der Waals surface area contributed by atoms with Crippen LogP contribution in [0.5, 0.6) is 5.75 Å². The molecular weight excluding hydrogens is 468 g/mol. The number of ether oxygens (including phenoxy) is 1. The number of benzene rings is 1. The third-order valence-electron chi connectivity index (χ3n) is 5.21. The van der Waals surface area contributed by atoms with Crippen LogP contribution in [0, 0.1) is 19.7 Å². The number of anilines is 1. The van der Waals surface area contributed by atoms with Crippen molar-refractivity contribution in [2.75, 3.05) is 12.3 Å². The number of fused-ring (bicyclic) bond motifs is 1. The maximum absolute atomic E-state index is 14.3. The van der Waals surface area contributed by atoms with Gasteiger partial charge in [0.1, 0.15) is 11.6 Å². The molecule has 0 aliphatic carbocycles. The molecule has 4 rings (SSSR count). The van der Waals surface area contributed by atoms with Gasteiger partial charge in [-0.1, -0.05) is 6.07 Å². The molecule has 0 saturated carbocycles. The Labute approximate surface area is 196 Å². The maximum Gasteiger partial charge on any atom is 0.422 e. The minimum absolute atomic E-state index is 0.118. The summed E-state index contributed by atoms with van der Waals surface area (Å²) in [4.78, 5) is 21.5. The van der Waals surface area contributed by atoms with E-state index in [9.17, 15) is 22.4 Å². The molecule has 0 spiro atoms. The summed E-state index contributed by atoms with van der Waals surface area (Å²) < 4.78 is 58.2. The van der Waals surface area contributed by atoms with Gasteiger partial charge in [-0.3, -0.25) is 9.78 Å². The summed E-state index contributed by atoms with van der Waals surface area (Å²) in [6.07, 6.45) is -2.91. The van der Waals surface area contributed by atoms with Crippen molar-refractivity contribution in [1.29, 1.82) is 0 Å². The SMILES string of the molecule is Cc1nc(C)c(-c2ccn3nc(N)nc3c2)cc1C(=O)NCc1c(F)cccc1OCC(F)(F)F. The summed E-state index contributed by atoms with van der Waals surface area (Å²) in [7, 11) is 0. The summed E-state index contributed by atoms with van der Waals surface area (Å²) in [6, 6.07) is 8.67. The zero-order chi connectivity index (χ0) is 25.3. The number of nitrogens with two attached hydrogens (primary N) is 1. The van der Waals surface area contributed by atoms with Crippen molar-refractivity contribution in [3.05, 3.63) is 70.9 Å². The van der Waals surface area contributed by atoms with Crippen LogP contribution in [0.2, 0.25) is 0 Å². The molecule has 12 heteroatoms. The highest BCUT2D eigenvalue weighted by Gasteiger charge is 2.29.